The van der Waals surface area contributed by atoms with Gasteiger partial charge in [-0.2, -0.15) is 10.2 Å². The van der Waals surface area contributed by atoms with Gasteiger partial charge in [0.05, 0.1) is 17.8 Å². The summed E-state index contributed by atoms with van der Waals surface area (Å²) >= 11 is 0. The zero-order valence-electron chi connectivity index (χ0n) is 14.3. The van der Waals surface area contributed by atoms with Crippen molar-refractivity contribution < 1.29 is 0 Å². The largest absolute Gasteiger partial charge is 0.323 e. The van der Waals surface area contributed by atoms with E-state index in [2.05, 4.69) is 10.2 Å². The molecule has 0 aliphatic rings. The topological polar surface area (TPSA) is 73.8 Å². The van der Waals surface area contributed by atoms with Gasteiger partial charge in [0.2, 0.25) is 0 Å². The van der Waals surface area contributed by atoms with Crippen molar-refractivity contribution in [2.24, 2.45) is 5.73 Å². The Morgan fingerprint density at radius 3 is 2.50 bits per heavy atom. The predicted molar refractivity (Wildman–Crippen MR) is 103 cm³/mol. The van der Waals surface area contributed by atoms with Crippen molar-refractivity contribution in [2.45, 2.75) is 13.0 Å². The summed E-state index contributed by atoms with van der Waals surface area (Å²) in [5, 5.41) is 9.28. The molecule has 5 heteroatoms. The third-order valence-corrected chi connectivity index (χ3v) is 4.45. The zero-order valence-corrected chi connectivity index (χ0v) is 14.3. The van der Waals surface area contributed by atoms with Gasteiger partial charge in [0.25, 0.3) is 5.56 Å². The fourth-order valence-electron chi connectivity index (χ4n) is 3.25. The molecule has 0 radical (unpaired) electrons. The molecule has 4 aromatic rings. The second kappa shape index (κ2) is 6.54. The maximum absolute atomic E-state index is 13.5. The van der Waals surface area contributed by atoms with Crippen LogP contribution in [-0.4, -0.2) is 14.8 Å². The molecule has 0 aliphatic heterocycles. The summed E-state index contributed by atoms with van der Waals surface area (Å²) in [7, 11) is 0. The van der Waals surface area contributed by atoms with E-state index in [1.807, 2.05) is 67.6 Å². The number of nitrogens with zero attached hydrogens (tertiary/aromatic N) is 3. The molecule has 0 spiro atoms. The van der Waals surface area contributed by atoms with Crippen LogP contribution >= 0.6 is 0 Å². The summed E-state index contributed by atoms with van der Waals surface area (Å²) < 4.78 is 1.70. The maximum atomic E-state index is 13.5. The van der Waals surface area contributed by atoms with E-state index in [1.165, 1.54) is 0 Å². The lowest BCUT2D eigenvalue weighted by molar-refractivity contribution is 0.734. The molecule has 2 aromatic carbocycles. The van der Waals surface area contributed by atoms with Crippen LogP contribution in [0.5, 0.6) is 0 Å². The monoisotopic (exact) mass is 342 g/mol. The van der Waals surface area contributed by atoms with Gasteiger partial charge in [0.1, 0.15) is 0 Å². The lowest BCUT2D eigenvalue weighted by Crippen LogP contribution is -2.26. The molecule has 26 heavy (non-hydrogen) atoms. The van der Waals surface area contributed by atoms with Crippen LogP contribution in [0.1, 0.15) is 18.7 Å². The molecule has 4 rings (SSSR count). The van der Waals surface area contributed by atoms with Crippen LogP contribution < -0.4 is 11.3 Å². The van der Waals surface area contributed by atoms with Crippen LogP contribution in [0.25, 0.3) is 27.6 Å². The second-order valence-electron chi connectivity index (χ2n) is 6.23. The van der Waals surface area contributed by atoms with E-state index in [0.29, 0.717) is 5.39 Å². The Hall–Kier alpha value is -3.31. The van der Waals surface area contributed by atoms with E-state index < -0.39 is 0 Å². The number of fused-ring (bicyclic) bond motifs is 1. The van der Waals surface area contributed by atoms with E-state index in [-0.39, 0.29) is 11.6 Å². The quantitative estimate of drug-likeness (QED) is 0.619. The smallest absolute Gasteiger partial charge is 0.263 e. The van der Waals surface area contributed by atoms with E-state index in [4.69, 9.17) is 5.73 Å². The Kier molecular flexibility index (Phi) is 4.07. The Morgan fingerprint density at radius 1 is 1.00 bits per heavy atom. The van der Waals surface area contributed by atoms with Crippen molar-refractivity contribution in [3.8, 4) is 16.8 Å². The standard InChI is InChI=1S/C21H18N4O/c1-14(22)19-12-15-6-5-9-18(16-10-11-23-24-13-16)20(15)21(26)25(19)17-7-3-2-4-8-17/h2-14H,22H2,1H3/t14-/m0/s1. The molecule has 0 saturated heterocycles. The first-order chi connectivity index (χ1) is 12.7. The third kappa shape index (κ3) is 2.68. The van der Waals surface area contributed by atoms with Gasteiger partial charge >= 0.3 is 0 Å². The lowest BCUT2D eigenvalue weighted by atomic mass is 9.99. The van der Waals surface area contributed by atoms with E-state index in [1.54, 1.807) is 17.0 Å². The number of nitrogens with two attached hydrogens (primary N) is 1. The lowest BCUT2D eigenvalue weighted by Gasteiger charge is -2.18. The number of hydrogen-bond donors (Lipinski definition) is 1. The first-order valence-corrected chi connectivity index (χ1v) is 8.43. The molecule has 0 amide bonds. The van der Waals surface area contributed by atoms with Gasteiger partial charge in [-0.3, -0.25) is 9.36 Å². The summed E-state index contributed by atoms with van der Waals surface area (Å²) in [6.45, 7) is 1.89. The van der Waals surface area contributed by atoms with Gasteiger partial charge in [0.15, 0.2) is 0 Å². The Balaban J connectivity index is 2.13. The molecule has 0 saturated carbocycles. The minimum absolute atomic E-state index is 0.0894. The third-order valence-electron chi connectivity index (χ3n) is 4.45. The highest BCUT2D eigenvalue weighted by Crippen LogP contribution is 2.28. The average Bonchev–Trinajstić information content (AvgIpc) is 2.68. The summed E-state index contributed by atoms with van der Waals surface area (Å²) in [6, 6.07) is 19.0. The van der Waals surface area contributed by atoms with Crippen LogP contribution in [0.15, 0.2) is 77.9 Å². The average molecular weight is 342 g/mol. The number of aromatic nitrogens is 3. The molecule has 128 valence electrons. The highest BCUT2D eigenvalue weighted by Gasteiger charge is 2.16. The van der Waals surface area contributed by atoms with Gasteiger partial charge in [-0.05, 0) is 42.1 Å². The van der Waals surface area contributed by atoms with Crippen LogP contribution in [0, 0.1) is 0 Å². The number of rotatable bonds is 3. The van der Waals surface area contributed by atoms with E-state index in [0.717, 1.165) is 27.9 Å². The molecule has 0 bridgehead atoms. The molecule has 2 N–H and O–H groups in total. The predicted octanol–water partition coefficient (Wildman–Crippen LogP) is 3.47. The second-order valence-corrected chi connectivity index (χ2v) is 6.23. The number of benzene rings is 2. The Morgan fingerprint density at radius 2 is 1.81 bits per heavy atom. The Bertz CT molecular complexity index is 1120. The fourth-order valence-corrected chi connectivity index (χ4v) is 3.25. The van der Waals surface area contributed by atoms with Crippen molar-refractivity contribution in [3.63, 3.8) is 0 Å². The molecule has 0 aliphatic carbocycles. The number of para-hydroxylation sites is 1. The summed E-state index contributed by atoms with van der Waals surface area (Å²) in [6.07, 6.45) is 3.29. The van der Waals surface area contributed by atoms with Crippen molar-refractivity contribution in [1.82, 2.24) is 14.8 Å². The maximum Gasteiger partial charge on any atom is 0.263 e. The molecule has 2 aromatic heterocycles. The van der Waals surface area contributed by atoms with Crippen molar-refractivity contribution in [2.75, 3.05) is 0 Å². The molecule has 0 unspecified atom stereocenters. The van der Waals surface area contributed by atoms with Gasteiger partial charge in [-0.25, -0.2) is 0 Å². The molecular weight excluding hydrogens is 324 g/mol. The molecule has 2 heterocycles. The van der Waals surface area contributed by atoms with Crippen molar-refractivity contribution in [1.29, 1.82) is 0 Å². The highest BCUT2D eigenvalue weighted by molar-refractivity contribution is 5.96. The summed E-state index contributed by atoms with van der Waals surface area (Å²) in [5.74, 6) is 0. The van der Waals surface area contributed by atoms with Crippen LogP contribution in [0.2, 0.25) is 0 Å². The SMILES string of the molecule is C[C@H](N)c1cc2cccc(-c3ccnnc3)c2c(=O)n1-c1ccccc1. The molecule has 0 fully saturated rings. The highest BCUT2D eigenvalue weighted by atomic mass is 16.1. The van der Waals surface area contributed by atoms with Crippen molar-refractivity contribution in [3.05, 3.63) is 89.1 Å². The minimum atomic E-state index is -0.279. The van der Waals surface area contributed by atoms with E-state index in [9.17, 15) is 4.79 Å². The first-order valence-electron chi connectivity index (χ1n) is 8.43. The number of pyridine rings is 1. The van der Waals surface area contributed by atoms with Gasteiger partial charge in [-0.15, -0.1) is 0 Å². The zero-order chi connectivity index (χ0) is 18.1. The van der Waals surface area contributed by atoms with Gasteiger partial charge in [-0.1, -0.05) is 36.4 Å². The summed E-state index contributed by atoms with van der Waals surface area (Å²) in [5.41, 5.74) is 9.36. The van der Waals surface area contributed by atoms with Crippen LogP contribution in [0.3, 0.4) is 0 Å². The molecular formula is C21H18N4O. The number of hydrogen-bond acceptors (Lipinski definition) is 4. The van der Waals surface area contributed by atoms with Crippen LogP contribution in [-0.2, 0) is 0 Å². The van der Waals surface area contributed by atoms with Crippen molar-refractivity contribution >= 4 is 10.8 Å². The van der Waals surface area contributed by atoms with Gasteiger partial charge in [0, 0.05) is 23.0 Å². The van der Waals surface area contributed by atoms with Crippen LogP contribution in [0.4, 0.5) is 0 Å². The Labute approximate surface area is 150 Å². The minimum Gasteiger partial charge on any atom is -0.323 e. The molecule has 1 atom stereocenters. The summed E-state index contributed by atoms with van der Waals surface area (Å²) in [4.78, 5) is 13.5. The molecule has 5 nitrogen and oxygen atoms in total. The first kappa shape index (κ1) is 16.2. The van der Waals surface area contributed by atoms with Gasteiger partial charge < -0.3 is 5.73 Å². The normalized spacial score (nSPS) is 12.2. The fraction of sp³-hybridized carbons (Fsp3) is 0.0952. The van der Waals surface area contributed by atoms with E-state index >= 15 is 0 Å².